The Balaban J connectivity index is 1.42. The minimum atomic E-state index is -0.860. The van der Waals surface area contributed by atoms with Gasteiger partial charge in [-0.15, -0.1) is 0 Å². The first kappa shape index (κ1) is 21.6. The molecule has 0 atom stereocenters. The number of phenolic OH excluding ortho intramolecular Hbond substituents is 1. The van der Waals surface area contributed by atoms with Crippen molar-refractivity contribution in [2.45, 2.75) is 44.6 Å². The molecular formula is C21H28N4O5. The maximum atomic E-state index is 12.8. The molecule has 1 aliphatic carbocycles. The van der Waals surface area contributed by atoms with E-state index in [-0.39, 0.29) is 37.2 Å². The molecule has 1 saturated heterocycles. The molecule has 2 fully saturated rings. The van der Waals surface area contributed by atoms with E-state index in [1.54, 1.807) is 0 Å². The van der Waals surface area contributed by atoms with E-state index in [1.807, 2.05) is 0 Å². The number of carbonyl (C=O) groups is 4. The number of nitrogens with one attached hydrogen (secondary N) is 3. The Bertz CT molecular complexity index is 815. The predicted octanol–water partition coefficient (Wildman–Crippen LogP) is 1.13. The first-order valence-corrected chi connectivity index (χ1v) is 10.3. The predicted molar refractivity (Wildman–Crippen MR) is 109 cm³/mol. The van der Waals surface area contributed by atoms with E-state index in [4.69, 9.17) is 0 Å². The van der Waals surface area contributed by atoms with Crippen LogP contribution in [0.15, 0.2) is 24.3 Å². The first-order valence-electron chi connectivity index (χ1n) is 10.3. The zero-order valence-electron chi connectivity index (χ0n) is 17.1. The van der Waals surface area contributed by atoms with Crippen molar-refractivity contribution in [1.29, 1.82) is 0 Å². The summed E-state index contributed by atoms with van der Waals surface area (Å²) in [6.45, 7) is 2.14. The molecule has 0 radical (unpaired) electrons. The zero-order valence-corrected chi connectivity index (χ0v) is 17.1. The summed E-state index contributed by atoms with van der Waals surface area (Å²) in [5.74, 6) is -0.466. The monoisotopic (exact) mass is 416 g/mol. The van der Waals surface area contributed by atoms with Gasteiger partial charge < -0.3 is 21.1 Å². The Morgan fingerprint density at radius 2 is 1.77 bits per heavy atom. The van der Waals surface area contributed by atoms with Gasteiger partial charge in [-0.05, 0) is 55.9 Å². The van der Waals surface area contributed by atoms with Crippen LogP contribution >= 0.6 is 0 Å². The molecule has 1 heterocycles. The van der Waals surface area contributed by atoms with Crippen molar-refractivity contribution in [3.8, 4) is 5.75 Å². The molecule has 30 heavy (non-hydrogen) atoms. The van der Waals surface area contributed by atoms with Gasteiger partial charge in [0.05, 0.1) is 0 Å². The second-order valence-electron chi connectivity index (χ2n) is 7.91. The van der Waals surface area contributed by atoms with Crippen LogP contribution in [-0.4, -0.2) is 58.9 Å². The SMILES string of the molecule is CCC1CCC2(CC1)NC(=O)N(CC(=O)NCCNC(=O)c1ccc(O)cc1)C2=O. The molecule has 0 bridgehead atoms. The van der Waals surface area contributed by atoms with Crippen molar-refractivity contribution in [3.05, 3.63) is 29.8 Å². The molecule has 5 amide bonds. The van der Waals surface area contributed by atoms with Gasteiger partial charge in [0.2, 0.25) is 5.91 Å². The molecule has 9 heteroatoms. The molecule has 1 saturated carbocycles. The molecule has 0 aromatic heterocycles. The minimum absolute atomic E-state index is 0.0690. The number of amides is 5. The van der Waals surface area contributed by atoms with Crippen LogP contribution in [0.2, 0.25) is 0 Å². The third-order valence-electron chi connectivity index (χ3n) is 5.95. The molecule has 3 rings (SSSR count). The lowest BCUT2D eigenvalue weighted by Gasteiger charge is -2.34. The highest BCUT2D eigenvalue weighted by molar-refractivity contribution is 6.09. The molecule has 1 aromatic carbocycles. The highest BCUT2D eigenvalue weighted by atomic mass is 16.3. The lowest BCUT2D eigenvalue weighted by Crippen LogP contribution is -2.50. The van der Waals surface area contributed by atoms with E-state index < -0.39 is 17.5 Å². The van der Waals surface area contributed by atoms with Crippen LogP contribution in [0.5, 0.6) is 5.75 Å². The van der Waals surface area contributed by atoms with Gasteiger partial charge >= 0.3 is 6.03 Å². The molecule has 1 aromatic rings. The summed E-state index contributed by atoms with van der Waals surface area (Å²) in [7, 11) is 0. The Kier molecular flexibility index (Phi) is 6.59. The van der Waals surface area contributed by atoms with Crippen molar-refractivity contribution < 1.29 is 24.3 Å². The Hall–Kier alpha value is -3.10. The molecule has 0 unspecified atom stereocenters. The van der Waals surface area contributed by atoms with Gasteiger partial charge in [-0.1, -0.05) is 13.3 Å². The molecule has 2 aliphatic rings. The third-order valence-corrected chi connectivity index (χ3v) is 5.95. The summed E-state index contributed by atoms with van der Waals surface area (Å²) < 4.78 is 0. The number of benzene rings is 1. The molecule has 1 spiro atoms. The Morgan fingerprint density at radius 3 is 2.40 bits per heavy atom. The van der Waals surface area contributed by atoms with Crippen molar-refractivity contribution >= 4 is 23.8 Å². The van der Waals surface area contributed by atoms with Crippen LogP contribution in [0.1, 0.15) is 49.4 Å². The topological polar surface area (TPSA) is 128 Å². The summed E-state index contributed by atoms with van der Waals surface area (Å²) in [5, 5.41) is 17.3. The number of rotatable bonds is 7. The number of phenols is 1. The smallest absolute Gasteiger partial charge is 0.325 e. The van der Waals surface area contributed by atoms with Gasteiger partial charge in [0.1, 0.15) is 17.8 Å². The second-order valence-corrected chi connectivity index (χ2v) is 7.91. The van der Waals surface area contributed by atoms with Crippen LogP contribution in [-0.2, 0) is 9.59 Å². The van der Waals surface area contributed by atoms with E-state index in [2.05, 4.69) is 22.9 Å². The summed E-state index contributed by atoms with van der Waals surface area (Å²) in [6.07, 6.45) is 4.06. The second kappa shape index (κ2) is 9.15. The molecule has 1 aliphatic heterocycles. The summed E-state index contributed by atoms with van der Waals surface area (Å²) >= 11 is 0. The van der Waals surface area contributed by atoms with Gasteiger partial charge in [-0.3, -0.25) is 19.3 Å². The molecule has 4 N–H and O–H groups in total. The quantitative estimate of drug-likeness (QED) is 0.391. The minimum Gasteiger partial charge on any atom is -0.508 e. The van der Waals surface area contributed by atoms with Gasteiger partial charge in [0.25, 0.3) is 11.8 Å². The summed E-state index contributed by atoms with van der Waals surface area (Å²) in [4.78, 5) is 50.2. The molecular weight excluding hydrogens is 388 g/mol. The van der Waals surface area contributed by atoms with Gasteiger partial charge in [-0.2, -0.15) is 0 Å². The first-order chi connectivity index (χ1) is 14.3. The summed E-state index contributed by atoms with van der Waals surface area (Å²) in [5.41, 5.74) is -0.470. The largest absolute Gasteiger partial charge is 0.508 e. The standard InChI is InChI=1S/C21H28N4O5/c1-2-14-7-9-21(10-8-14)19(29)25(20(30)24-21)13-17(27)22-11-12-23-18(28)15-3-5-16(26)6-4-15/h3-6,14,26H,2,7-13H2,1H3,(H,22,27)(H,23,28)(H,24,30). The Labute approximate surface area is 175 Å². The van der Waals surface area contributed by atoms with Crippen LogP contribution < -0.4 is 16.0 Å². The van der Waals surface area contributed by atoms with Crippen LogP contribution in [0.25, 0.3) is 0 Å². The Morgan fingerprint density at radius 1 is 1.13 bits per heavy atom. The van der Waals surface area contributed by atoms with Crippen molar-refractivity contribution in [1.82, 2.24) is 20.9 Å². The maximum absolute atomic E-state index is 12.8. The third kappa shape index (κ3) is 4.72. The average Bonchev–Trinajstić information content (AvgIpc) is 2.96. The van der Waals surface area contributed by atoms with E-state index in [9.17, 15) is 24.3 Å². The number of aromatic hydroxyl groups is 1. The fourth-order valence-electron chi connectivity index (χ4n) is 4.03. The lowest BCUT2D eigenvalue weighted by molar-refractivity contribution is -0.136. The number of imide groups is 1. The zero-order chi connectivity index (χ0) is 21.7. The van der Waals surface area contributed by atoms with Crippen LogP contribution in [0, 0.1) is 5.92 Å². The fraction of sp³-hybridized carbons (Fsp3) is 0.524. The normalized spacial score (nSPS) is 23.4. The number of nitrogens with zero attached hydrogens (tertiary/aromatic N) is 1. The van der Waals surface area contributed by atoms with Crippen molar-refractivity contribution in [2.24, 2.45) is 5.92 Å². The number of hydrogen-bond acceptors (Lipinski definition) is 5. The van der Waals surface area contributed by atoms with Crippen molar-refractivity contribution in [3.63, 3.8) is 0 Å². The van der Waals surface area contributed by atoms with E-state index >= 15 is 0 Å². The molecule has 9 nitrogen and oxygen atoms in total. The van der Waals surface area contributed by atoms with E-state index in [1.165, 1.54) is 24.3 Å². The molecule has 162 valence electrons. The fourth-order valence-corrected chi connectivity index (χ4v) is 4.03. The van der Waals surface area contributed by atoms with Gasteiger partial charge in [-0.25, -0.2) is 4.79 Å². The maximum Gasteiger partial charge on any atom is 0.325 e. The van der Waals surface area contributed by atoms with E-state index in [0.29, 0.717) is 24.3 Å². The van der Waals surface area contributed by atoms with Gasteiger partial charge in [0.15, 0.2) is 0 Å². The van der Waals surface area contributed by atoms with E-state index in [0.717, 1.165) is 24.2 Å². The number of hydrogen-bond donors (Lipinski definition) is 4. The van der Waals surface area contributed by atoms with Gasteiger partial charge in [0, 0.05) is 18.7 Å². The van der Waals surface area contributed by atoms with Crippen LogP contribution in [0.4, 0.5) is 4.79 Å². The number of carbonyl (C=O) groups excluding carboxylic acids is 4. The highest BCUT2D eigenvalue weighted by Gasteiger charge is 2.52. The lowest BCUT2D eigenvalue weighted by atomic mass is 9.75. The average molecular weight is 416 g/mol. The highest BCUT2D eigenvalue weighted by Crippen LogP contribution is 2.37. The van der Waals surface area contributed by atoms with Crippen LogP contribution in [0.3, 0.4) is 0 Å². The number of urea groups is 1. The van der Waals surface area contributed by atoms with Crippen molar-refractivity contribution in [2.75, 3.05) is 19.6 Å². The summed E-state index contributed by atoms with van der Waals surface area (Å²) in [6, 6.07) is 5.28.